The molecule has 0 aromatic carbocycles. The van der Waals surface area contributed by atoms with E-state index in [4.69, 9.17) is 5.11 Å². The van der Waals surface area contributed by atoms with Gasteiger partial charge in [-0.2, -0.15) is 0 Å². The van der Waals surface area contributed by atoms with Crippen molar-refractivity contribution in [2.24, 2.45) is 0 Å². The summed E-state index contributed by atoms with van der Waals surface area (Å²) in [5, 5.41) is 8.61. The summed E-state index contributed by atoms with van der Waals surface area (Å²) in [6.07, 6.45) is 4.99. The van der Waals surface area contributed by atoms with Crippen LogP contribution in [0.3, 0.4) is 0 Å². The summed E-state index contributed by atoms with van der Waals surface area (Å²) in [7, 11) is 0. The molecule has 76 valence electrons. The molecule has 3 heteroatoms. The number of aliphatic hydroxyl groups excluding tert-OH is 1. The first-order valence-electron chi connectivity index (χ1n) is 4.87. The Hall–Kier alpha value is -1.22. The van der Waals surface area contributed by atoms with E-state index in [0.717, 1.165) is 24.8 Å². The molecule has 1 N–H and O–H groups in total. The zero-order valence-corrected chi connectivity index (χ0v) is 8.36. The molecule has 0 unspecified atom stereocenters. The highest BCUT2D eigenvalue weighted by molar-refractivity contribution is 5.94. The molecule has 0 saturated heterocycles. The highest BCUT2D eigenvalue weighted by Crippen LogP contribution is 2.05. The number of pyridine rings is 1. The van der Waals surface area contributed by atoms with E-state index in [-0.39, 0.29) is 5.78 Å². The fourth-order valence-corrected chi connectivity index (χ4v) is 1.20. The lowest BCUT2D eigenvalue weighted by Crippen LogP contribution is -2.06. The topological polar surface area (TPSA) is 50.2 Å². The summed E-state index contributed by atoms with van der Waals surface area (Å²) in [6.45, 7) is 1.67. The van der Waals surface area contributed by atoms with E-state index >= 15 is 0 Å². The van der Waals surface area contributed by atoms with Crippen molar-refractivity contribution in [3.8, 4) is 0 Å². The van der Waals surface area contributed by atoms with Gasteiger partial charge in [-0.3, -0.25) is 9.78 Å². The third kappa shape index (κ3) is 2.92. The summed E-state index contributed by atoms with van der Waals surface area (Å²) >= 11 is 0. The fraction of sp³-hybridized carbons (Fsp3) is 0.455. The Morgan fingerprint density at radius 1 is 1.50 bits per heavy atom. The third-order valence-corrected chi connectivity index (χ3v) is 2.07. The molecule has 14 heavy (non-hydrogen) atoms. The molecular weight excluding hydrogens is 178 g/mol. The fourth-order valence-electron chi connectivity index (χ4n) is 1.20. The normalized spacial score (nSPS) is 10.1. The first-order chi connectivity index (χ1) is 6.77. The van der Waals surface area contributed by atoms with Crippen LogP contribution in [-0.2, 0) is 6.42 Å². The molecule has 0 bridgehead atoms. The molecule has 0 aliphatic carbocycles. The van der Waals surface area contributed by atoms with Gasteiger partial charge in [0.05, 0.1) is 0 Å². The minimum atomic E-state index is -0.471. The zero-order valence-electron chi connectivity index (χ0n) is 8.36. The van der Waals surface area contributed by atoms with Crippen molar-refractivity contribution in [2.45, 2.75) is 26.2 Å². The highest BCUT2D eigenvalue weighted by atomic mass is 16.3. The van der Waals surface area contributed by atoms with Gasteiger partial charge < -0.3 is 5.11 Å². The maximum absolute atomic E-state index is 11.0. The van der Waals surface area contributed by atoms with E-state index in [1.807, 2.05) is 6.07 Å². The Labute approximate surface area is 83.8 Å². The van der Waals surface area contributed by atoms with Crippen molar-refractivity contribution >= 4 is 5.78 Å². The molecule has 0 amide bonds. The SMILES string of the molecule is CCCCc1ccc(C(=O)CO)nc1. The standard InChI is InChI=1S/C11H15NO2/c1-2-3-4-9-5-6-10(12-7-9)11(14)8-13/h5-7,13H,2-4,8H2,1H3. The minimum Gasteiger partial charge on any atom is -0.388 e. The van der Waals surface area contributed by atoms with Gasteiger partial charge in [-0.05, 0) is 24.5 Å². The van der Waals surface area contributed by atoms with Crippen molar-refractivity contribution in [1.29, 1.82) is 0 Å². The smallest absolute Gasteiger partial charge is 0.206 e. The highest BCUT2D eigenvalue weighted by Gasteiger charge is 2.04. The van der Waals surface area contributed by atoms with Crippen LogP contribution < -0.4 is 0 Å². The molecule has 3 nitrogen and oxygen atoms in total. The van der Waals surface area contributed by atoms with Gasteiger partial charge in [0.2, 0.25) is 5.78 Å². The largest absolute Gasteiger partial charge is 0.388 e. The van der Waals surface area contributed by atoms with Crippen LogP contribution in [0.5, 0.6) is 0 Å². The van der Waals surface area contributed by atoms with E-state index in [1.165, 1.54) is 0 Å². The quantitative estimate of drug-likeness (QED) is 0.722. The number of aromatic nitrogens is 1. The number of ketones is 1. The summed E-state index contributed by atoms with van der Waals surface area (Å²) < 4.78 is 0. The maximum Gasteiger partial charge on any atom is 0.206 e. The van der Waals surface area contributed by atoms with Gasteiger partial charge in [0, 0.05) is 6.20 Å². The lowest BCUT2D eigenvalue weighted by atomic mass is 10.1. The summed E-state index contributed by atoms with van der Waals surface area (Å²) in [6, 6.07) is 3.56. The van der Waals surface area contributed by atoms with Crippen LogP contribution in [0.25, 0.3) is 0 Å². The van der Waals surface area contributed by atoms with Gasteiger partial charge in [-0.15, -0.1) is 0 Å². The van der Waals surface area contributed by atoms with E-state index in [9.17, 15) is 4.79 Å². The average Bonchev–Trinajstić information content (AvgIpc) is 2.26. The van der Waals surface area contributed by atoms with E-state index in [1.54, 1.807) is 12.3 Å². The second-order valence-electron chi connectivity index (χ2n) is 3.24. The first-order valence-corrected chi connectivity index (χ1v) is 4.87. The number of rotatable bonds is 5. The summed E-state index contributed by atoms with van der Waals surface area (Å²) in [4.78, 5) is 15.0. The number of carbonyl (C=O) groups is 1. The number of carbonyl (C=O) groups excluding carboxylic acids is 1. The van der Waals surface area contributed by atoms with Crippen molar-refractivity contribution in [3.05, 3.63) is 29.6 Å². The van der Waals surface area contributed by atoms with Crippen molar-refractivity contribution in [2.75, 3.05) is 6.61 Å². The van der Waals surface area contributed by atoms with Crippen LogP contribution in [-0.4, -0.2) is 22.5 Å². The summed E-state index contributed by atoms with van der Waals surface area (Å²) in [5.74, 6) is -0.327. The Morgan fingerprint density at radius 3 is 2.79 bits per heavy atom. The second-order valence-corrected chi connectivity index (χ2v) is 3.24. The van der Waals surface area contributed by atoms with Crippen LogP contribution in [0, 0.1) is 0 Å². The van der Waals surface area contributed by atoms with E-state index in [0.29, 0.717) is 5.69 Å². The van der Waals surface area contributed by atoms with E-state index in [2.05, 4.69) is 11.9 Å². The third-order valence-electron chi connectivity index (χ3n) is 2.07. The monoisotopic (exact) mass is 193 g/mol. The number of aliphatic hydroxyl groups is 1. The second kappa shape index (κ2) is 5.50. The Morgan fingerprint density at radius 2 is 2.29 bits per heavy atom. The van der Waals surface area contributed by atoms with Crippen LogP contribution in [0.2, 0.25) is 0 Å². The number of hydrogen-bond donors (Lipinski definition) is 1. The molecule has 0 fully saturated rings. The van der Waals surface area contributed by atoms with Crippen molar-refractivity contribution in [1.82, 2.24) is 4.98 Å². The van der Waals surface area contributed by atoms with Gasteiger partial charge in [-0.25, -0.2) is 0 Å². The molecule has 0 spiro atoms. The maximum atomic E-state index is 11.0. The number of aryl methyl sites for hydroxylation is 1. The molecule has 1 heterocycles. The van der Waals surface area contributed by atoms with Crippen molar-refractivity contribution < 1.29 is 9.90 Å². The Kier molecular flexibility index (Phi) is 4.26. The van der Waals surface area contributed by atoms with Gasteiger partial charge in [0.1, 0.15) is 12.3 Å². The molecule has 0 aliphatic rings. The molecule has 0 radical (unpaired) electrons. The lowest BCUT2D eigenvalue weighted by molar-refractivity contribution is 0.0898. The molecule has 0 atom stereocenters. The number of unbranched alkanes of at least 4 members (excludes halogenated alkanes) is 1. The molecule has 0 aliphatic heterocycles. The molecule has 1 aromatic rings. The summed E-state index contributed by atoms with van der Waals surface area (Å²) in [5.41, 5.74) is 1.48. The van der Waals surface area contributed by atoms with Gasteiger partial charge in [-0.1, -0.05) is 19.4 Å². The Bertz CT molecular complexity index is 293. The number of Topliss-reactive ketones (excluding diaryl/α,β-unsaturated/α-hetero) is 1. The molecule has 1 rings (SSSR count). The van der Waals surface area contributed by atoms with Gasteiger partial charge in [0.15, 0.2) is 0 Å². The predicted molar refractivity (Wildman–Crippen MR) is 54.3 cm³/mol. The van der Waals surface area contributed by atoms with E-state index < -0.39 is 6.61 Å². The van der Waals surface area contributed by atoms with Crippen LogP contribution in [0.4, 0.5) is 0 Å². The molecule has 1 aromatic heterocycles. The van der Waals surface area contributed by atoms with Crippen LogP contribution >= 0.6 is 0 Å². The van der Waals surface area contributed by atoms with Crippen LogP contribution in [0.15, 0.2) is 18.3 Å². The Balaban J connectivity index is 2.63. The molecule has 0 saturated carbocycles. The van der Waals surface area contributed by atoms with Crippen LogP contribution in [0.1, 0.15) is 35.8 Å². The first kappa shape index (κ1) is 10.9. The van der Waals surface area contributed by atoms with Gasteiger partial charge >= 0.3 is 0 Å². The number of nitrogens with zero attached hydrogens (tertiary/aromatic N) is 1. The predicted octanol–water partition coefficient (Wildman–Crippen LogP) is 1.60. The lowest BCUT2D eigenvalue weighted by Gasteiger charge is -2.00. The van der Waals surface area contributed by atoms with Gasteiger partial charge in [0.25, 0.3) is 0 Å². The molecular formula is C11H15NO2. The van der Waals surface area contributed by atoms with Crippen molar-refractivity contribution in [3.63, 3.8) is 0 Å². The average molecular weight is 193 g/mol. The number of hydrogen-bond acceptors (Lipinski definition) is 3. The minimum absolute atomic E-state index is 0.327. The zero-order chi connectivity index (χ0) is 10.4.